The Morgan fingerprint density at radius 3 is 2.75 bits per heavy atom. The number of anilines is 1. The van der Waals surface area contributed by atoms with Crippen LogP contribution in [0.2, 0.25) is 0 Å². The van der Waals surface area contributed by atoms with Gasteiger partial charge in [0.1, 0.15) is 0 Å². The van der Waals surface area contributed by atoms with Crippen LogP contribution in [-0.2, 0) is 0 Å². The number of carbonyl (C=O) groups excluding carboxylic acids is 1. The van der Waals surface area contributed by atoms with E-state index in [9.17, 15) is 19.3 Å². The maximum atomic E-state index is 13.3. The molecular weight excluding hydrogens is 217 g/mol. The minimum absolute atomic E-state index is 0.318. The van der Waals surface area contributed by atoms with Crippen LogP contribution in [0.3, 0.4) is 0 Å². The predicted octanol–water partition coefficient (Wildman–Crippen LogP) is 1.26. The molecule has 1 saturated heterocycles. The van der Waals surface area contributed by atoms with E-state index >= 15 is 0 Å². The molecule has 84 valence electrons. The van der Waals surface area contributed by atoms with Crippen molar-refractivity contribution in [3.8, 4) is 0 Å². The van der Waals surface area contributed by atoms with Crippen LogP contribution >= 0.6 is 0 Å². The number of hydrogen-bond acceptors (Lipinski definition) is 3. The molecule has 1 fully saturated rings. The van der Waals surface area contributed by atoms with Crippen LogP contribution in [0.25, 0.3) is 0 Å². The number of nitrogens with zero attached hydrogens (tertiary/aromatic N) is 2. The maximum absolute atomic E-state index is 13.3. The van der Waals surface area contributed by atoms with Crippen LogP contribution in [-0.4, -0.2) is 24.0 Å². The summed E-state index contributed by atoms with van der Waals surface area (Å²) in [4.78, 5) is 22.2. The van der Waals surface area contributed by atoms with Gasteiger partial charge in [0.2, 0.25) is 5.82 Å². The molecular formula is C9H8FN3O3. The van der Waals surface area contributed by atoms with Crippen LogP contribution in [0.5, 0.6) is 0 Å². The van der Waals surface area contributed by atoms with Crippen molar-refractivity contribution >= 4 is 17.4 Å². The molecule has 0 bridgehead atoms. The minimum atomic E-state index is -0.942. The molecule has 1 heterocycles. The predicted molar refractivity (Wildman–Crippen MR) is 53.8 cm³/mol. The summed E-state index contributed by atoms with van der Waals surface area (Å²) in [5.41, 5.74) is -0.276. The number of nitro benzene ring substituents is 1. The molecule has 2 rings (SSSR count). The molecule has 0 aliphatic carbocycles. The Morgan fingerprint density at radius 2 is 2.25 bits per heavy atom. The zero-order valence-electron chi connectivity index (χ0n) is 8.14. The first-order chi connectivity index (χ1) is 7.59. The first-order valence-corrected chi connectivity index (χ1v) is 4.59. The van der Waals surface area contributed by atoms with Crippen molar-refractivity contribution in [3.05, 3.63) is 34.1 Å². The number of amides is 2. The standard InChI is InChI=1S/C9H8FN3O3/c10-7-5-6(1-2-8(7)13(15)16)12-4-3-11-9(12)14/h1-2,5H,3-4H2,(H,11,14). The van der Waals surface area contributed by atoms with Crippen LogP contribution in [0.1, 0.15) is 0 Å². The number of nitrogens with one attached hydrogen (secondary N) is 1. The van der Waals surface area contributed by atoms with Gasteiger partial charge in [-0.1, -0.05) is 0 Å². The summed E-state index contributed by atoms with van der Waals surface area (Å²) in [5, 5.41) is 12.9. The van der Waals surface area contributed by atoms with Crippen molar-refractivity contribution < 1.29 is 14.1 Å². The Kier molecular flexibility index (Phi) is 2.43. The molecule has 1 aromatic carbocycles. The second-order valence-corrected chi connectivity index (χ2v) is 3.28. The van der Waals surface area contributed by atoms with Gasteiger partial charge < -0.3 is 5.32 Å². The highest BCUT2D eigenvalue weighted by Crippen LogP contribution is 2.24. The van der Waals surface area contributed by atoms with Crippen molar-refractivity contribution in [2.75, 3.05) is 18.0 Å². The second-order valence-electron chi connectivity index (χ2n) is 3.28. The van der Waals surface area contributed by atoms with E-state index in [1.165, 1.54) is 11.0 Å². The Morgan fingerprint density at radius 1 is 1.50 bits per heavy atom. The Bertz CT molecular complexity index is 463. The van der Waals surface area contributed by atoms with Crippen LogP contribution in [0, 0.1) is 15.9 Å². The maximum Gasteiger partial charge on any atom is 0.321 e. The second kappa shape index (κ2) is 3.76. The highest BCUT2D eigenvalue weighted by molar-refractivity contribution is 5.94. The molecule has 1 aromatic rings. The van der Waals surface area contributed by atoms with Gasteiger partial charge in [-0.3, -0.25) is 15.0 Å². The smallest absolute Gasteiger partial charge is 0.321 e. The highest BCUT2D eigenvalue weighted by atomic mass is 19.1. The monoisotopic (exact) mass is 225 g/mol. The van der Waals surface area contributed by atoms with E-state index in [1.807, 2.05) is 0 Å². The van der Waals surface area contributed by atoms with Gasteiger partial charge in [-0.2, -0.15) is 4.39 Å². The Hall–Kier alpha value is -2.18. The molecule has 0 atom stereocenters. The quantitative estimate of drug-likeness (QED) is 0.608. The molecule has 0 aromatic heterocycles. The zero-order chi connectivity index (χ0) is 11.7. The van der Waals surface area contributed by atoms with Crippen LogP contribution in [0.15, 0.2) is 18.2 Å². The molecule has 1 aliphatic rings. The molecule has 1 aliphatic heterocycles. The SMILES string of the molecule is O=C1NCCN1c1ccc([N+](=O)[O-])c(F)c1. The lowest BCUT2D eigenvalue weighted by atomic mass is 10.2. The van der Waals surface area contributed by atoms with Gasteiger partial charge in [0, 0.05) is 30.9 Å². The third-order valence-corrected chi connectivity index (χ3v) is 2.30. The van der Waals surface area contributed by atoms with Crippen molar-refractivity contribution in [3.63, 3.8) is 0 Å². The molecule has 1 N–H and O–H groups in total. The van der Waals surface area contributed by atoms with Gasteiger partial charge in [0.15, 0.2) is 0 Å². The summed E-state index contributed by atoms with van der Waals surface area (Å²) in [6, 6.07) is 3.07. The summed E-state index contributed by atoms with van der Waals surface area (Å²) >= 11 is 0. The molecule has 0 spiro atoms. The summed E-state index contributed by atoms with van der Waals surface area (Å²) in [6.45, 7) is 0.910. The summed E-state index contributed by atoms with van der Waals surface area (Å²) in [5.74, 6) is -0.942. The van der Waals surface area contributed by atoms with Gasteiger partial charge in [-0.25, -0.2) is 4.79 Å². The fraction of sp³-hybridized carbons (Fsp3) is 0.222. The molecule has 6 nitrogen and oxygen atoms in total. The Balaban J connectivity index is 2.34. The number of nitro groups is 1. The summed E-state index contributed by atoms with van der Waals surface area (Å²) in [7, 11) is 0. The number of halogens is 1. The number of carbonyl (C=O) groups is 1. The topological polar surface area (TPSA) is 75.5 Å². The Labute approximate surface area is 89.8 Å². The first kappa shape index (κ1) is 10.3. The van der Waals surface area contributed by atoms with E-state index in [0.29, 0.717) is 18.8 Å². The molecule has 0 unspecified atom stereocenters. The van der Waals surface area contributed by atoms with Crippen molar-refractivity contribution in [1.82, 2.24) is 5.32 Å². The molecule has 2 amide bonds. The van der Waals surface area contributed by atoms with Gasteiger partial charge in [-0.15, -0.1) is 0 Å². The lowest BCUT2D eigenvalue weighted by Crippen LogP contribution is -2.27. The fourth-order valence-corrected chi connectivity index (χ4v) is 1.53. The first-order valence-electron chi connectivity index (χ1n) is 4.59. The van der Waals surface area contributed by atoms with E-state index in [-0.39, 0.29) is 6.03 Å². The van der Waals surface area contributed by atoms with E-state index in [1.54, 1.807) is 0 Å². The number of urea groups is 1. The van der Waals surface area contributed by atoms with Gasteiger partial charge >= 0.3 is 11.7 Å². The third kappa shape index (κ3) is 1.67. The minimum Gasteiger partial charge on any atom is -0.336 e. The lowest BCUT2D eigenvalue weighted by molar-refractivity contribution is -0.387. The molecule has 7 heteroatoms. The van der Waals surface area contributed by atoms with E-state index < -0.39 is 16.4 Å². The number of hydrogen-bond donors (Lipinski definition) is 1. The third-order valence-electron chi connectivity index (χ3n) is 2.30. The summed E-state index contributed by atoms with van der Waals surface area (Å²) < 4.78 is 13.3. The van der Waals surface area contributed by atoms with Gasteiger partial charge in [-0.05, 0) is 6.07 Å². The lowest BCUT2D eigenvalue weighted by Gasteiger charge is -2.13. The van der Waals surface area contributed by atoms with Crippen molar-refractivity contribution in [2.24, 2.45) is 0 Å². The zero-order valence-corrected chi connectivity index (χ0v) is 8.14. The van der Waals surface area contributed by atoms with E-state index in [2.05, 4.69) is 5.32 Å². The summed E-state index contributed by atoms with van der Waals surface area (Å²) in [6.07, 6.45) is 0. The normalized spacial score (nSPS) is 15.1. The van der Waals surface area contributed by atoms with Crippen molar-refractivity contribution in [1.29, 1.82) is 0 Å². The average Bonchev–Trinajstić information content (AvgIpc) is 2.63. The number of rotatable bonds is 2. The van der Waals surface area contributed by atoms with Crippen LogP contribution in [0.4, 0.5) is 20.6 Å². The highest BCUT2D eigenvalue weighted by Gasteiger charge is 2.23. The molecule has 0 radical (unpaired) electrons. The van der Waals surface area contributed by atoms with Crippen molar-refractivity contribution in [2.45, 2.75) is 0 Å². The number of benzene rings is 1. The fourth-order valence-electron chi connectivity index (χ4n) is 1.53. The van der Waals surface area contributed by atoms with Gasteiger partial charge in [0.05, 0.1) is 4.92 Å². The molecule has 16 heavy (non-hydrogen) atoms. The molecule has 0 saturated carbocycles. The van der Waals surface area contributed by atoms with Crippen LogP contribution < -0.4 is 10.2 Å². The van der Waals surface area contributed by atoms with E-state index in [4.69, 9.17) is 0 Å². The average molecular weight is 225 g/mol. The van der Waals surface area contributed by atoms with E-state index in [0.717, 1.165) is 12.1 Å². The van der Waals surface area contributed by atoms with Gasteiger partial charge in [0.25, 0.3) is 0 Å². The largest absolute Gasteiger partial charge is 0.336 e.